The number of aromatic nitrogens is 2. The maximum atomic E-state index is 12.3. The van der Waals surface area contributed by atoms with Crippen molar-refractivity contribution in [3.63, 3.8) is 0 Å². The van der Waals surface area contributed by atoms with Gasteiger partial charge in [0.15, 0.2) is 0 Å². The van der Waals surface area contributed by atoms with Crippen LogP contribution in [0.3, 0.4) is 0 Å². The third-order valence-corrected chi connectivity index (χ3v) is 5.89. The highest BCUT2D eigenvalue weighted by atomic mass is 32.1. The average Bonchev–Trinajstić information content (AvgIpc) is 3.30. The van der Waals surface area contributed by atoms with Gasteiger partial charge in [-0.25, -0.2) is 9.78 Å². The molecule has 2 N–H and O–H groups in total. The van der Waals surface area contributed by atoms with Crippen LogP contribution >= 0.6 is 22.7 Å². The number of pyridine rings is 2. The minimum absolute atomic E-state index is 0.304. The van der Waals surface area contributed by atoms with Gasteiger partial charge >= 0.3 is 5.97 Å². The molecule has 26 heavy (non-hydrogen) atoms. The van der Waals surface area contributed by atoms with Gasteiger partial charge in [-0.15, -0.1) is 22.7 Å². The lowest BCUT2D eigenvalue weighted by atomic mass is 10.1. The second-order valence-electron chi connectivity index (χ2n) is 5.52. The molecule has 0 aliphatic rings. The van der Waals surface area contributed by atoms with Gasteiger partial charge in [-0.05, 0) is 36.6 Å². The summed E-state index contributed by atoms with van der Waals surface area (Å²) in [6.07, 6.45) is 3.50. The van der Waals surface area contributed by atoms with E-state index in [-0.39, 0.29) is 0 Å². The SMILES string of the molecule is CCOC(=O)c1sc2nc(-c3cccnc3)cc(-c3cccs3)c2c1N. The van der Waals surface area contributed by atoms with Gasteiger partial charge in [0.1, 0.15) is 9.71 Å². The number of hydrogen-bond donors (Lipinski definition) is 1. The lowest BCUT2D eigenvalue weighted by molar-refractivity contribution is 0.0533. The largest absolute Gasteiger partial charge is 0.462 e. The van der Waals surface area contributed by atoms with Gasteiger partial charge in [-0.1, -0.05) is 6.07 Å². The molecule has 4 aromatic rings. The lowest BCUT2D eigenvalue weighted by Crippen LogP contribution is -2.04. The van der Waals surface area contributed by atoms with E-state index in [0.717, 1.165) is 31.9 Å². The molecule has 0 saturated heterocycles. The van der Waals surface area contributed by atoms with E-state index in [1.807, 2.05) is 35.7 Å². The topological polar surface area (TPSA) is 78.1 Å². The number of carbonyl (C=O) groups is 1. The van der Waals surface area contributed by atoms with Crippen molar-refractivity contribution in [2.75, 3.05) is 12.3 Å². The van der Waals surface area contributed by atoms with Crippen molar-refractivity contribution in [1.82, 2.24) is 9.97 Å². The third kappa shape index (κ3) is 2.85. The smallest absolute Gasteiger partial charge is 0.350 e. The van der Waals surface area contributed by atoms with Crippen LogP contribution in [-0.4, -0.2) is 22.5 Å². The molecular formula is C19H15N3O2S2. The fourth-order valence-corrected chi connectivity index (χ4v) is 4.52. The molecule has 4 heterocycles. The van der Waals surface area contributed by atoms with Crippen molar-refractivity contribution in [1.29, 1.82) is 0 Å². The number of nitrogen functional groups attached to an aromatic ring is 1. The molecule has 0 amide bonds. The zero-order valence-electron chi connectivity index (χ0n) is 13.9. The quantitative estimate of drug-likeness (QED) is 0.512. The fraction of sp³-hybridized carbons (Fsp3) is 0.105. The Morgan fingerprint density at radius 2 is 2.19 bits per heavy atom. The Labute approximate surface area is 158 Å². The summed E-state index contributed by atoms with van der Waals surface area (Å²) in [7, 11) is 0. The lowest BCUT2D eigenvalue weighted by Gasteiger charge is -2.07. The summed E-state index contributed by atoms with van der Waals surface area (Å²) in [5.74, 6) is -0.409. The Morgan fingerprint density at radius 3 is 2.88 bits per heavy atom. The normalized spacial score (nSPS) is 11.0. The highest BCUT2D eigenvalue weighted by Crippen LogP contribution is 2.42. The van der Waals surface area contributed by atoms with Crippen LogP contribution in [0.2, 0.25) is 0 Å². The van der Waals surface area contributed by atoms with Crippen LogP contribution < -0.4 is 5.73 Å². The standard InChI is InChI=1S/C19H15N3O2S2/c1-2-24-19(23)17-16(20)15-12(14-6-4-8-25-14)9-13(22-18(15)26-17)11-5-3-7-21-10-11/h3-10H,2,20H2,1H3. The molecule has 0 aromatic carbocycles. The van der Waals surface area contributed by atoms with E-state index in [4.69, 9.17) is 15.5 Å². The van der Waals surface area contributed by atoms with Crippen LogP contribution in [-0.2, 0) is 4.74 Å². The number of nitrogens with zero attached hydrogens (tertiary/aromatic N) is 2. The molecule has 0 aliphatic heterocycles. The van der Waals surface area contributed by atoms with Crippen LogP contribution in [0.4, 0.5) is 5.69 Å². The van der Waals surface area contributed by atoms with Gasteiger partial charge in [-0.2, -0.15) is 0 Å². The van der Waals surface area contributed by atoms with Crippen molar-refractivity contribution in [3.05, 3.63) is 53.0 Å². The molecule has 0 fully saturated rings. The number of rotatable bonds is 4. The number of anilines is 1. The van der Waals surface area contributed by atoms with Gasteiger partial charge < -0.3 is 10.5 Å². The van der Waals surface area contributed by atoms with Gasteiger partial charge in [0.2, 0.25) is 0 Å². The third-order valence-electron chi connectivity index (χ3n) is 3.90. The van der Waals surface area contributed by atoms with Crippen LogP contribution in [0.15, 0.2) is 48.1 Å². The maximum Gasteiger partial charge on any atom is 0.350 e. The van der Waals surface area contributed by atoms with Crippen LogP contribution in [0, 0.1) is 0 Å². The van der Waals surface area contributed by atoms with E-state index >= 15 is 0 Å². The second kappa shape index (κ2) is 6.86. The zero-order chi connectivity index (χ0) is 18.1. The van der Waals surface area contributed by atoms with Crippen molar-refractivity contribution in [2.45, 2.75) is 6.92 Å². The summed E-state index contributed by atoms with van der Waals surface area (Å²) in [4.78, 5) is 23.4. The molecular weight excluding hydrogens is 366 g/mol. The number of fused-ring (bicyclic) bond motifs is 1. The summed E-state index contributed by atoms with van der Waals surface area (Å²) in [6.45, 7) is 2.08. The van der Waals surface area contributed by atoms with Gasteiger partial charge in [0, 0.05) is 33.8 Å². The minimum Gasteiger partial charge on any atom is -0.462 e. The number of ether oxygens (including phenoxy) is 1. The van der Waals surface area contributed by atoms with E-state index in [1.54, 1.807) is 30.7 Å². The number of thiophene rings is 2. The predicted octanol–water partition coefficient (Wildman–Crippen LogP) is 4.85. The predicted molar refractivity (Wildman–Crippen MR) is 107 cm³/mol. The summed E-state index contributed by atoms with van der Waals surface area (Å²) < 4.78 is 5.14. The molecule has 0 aliphatic carbocycles. The number of hydrogen-bond acceptors (Lipinski definition) is 7. The first-order valence-corrected chi connectivity index (χ1v) is 9.73. The molecule has 0 bridgehead atoms. The number of esters is 1. The summed E-state index contributed by atoms with van der Waals surface area (Å²) in [5, 5.41) is 2.81. The molecule has 7 heteroatoms. The Hall–Kier alpha value is -2.77. The summed E-state index contributed by atoms with van der Waals surface area (Å²) >= 11 is 2.89. The molecule has 0 radical (unpaired) electrons. The highest BCUT2D eigenvalue weighted by molar-refractivity contribution is 7.21. The Balaban J connectivity index is 1.99. The first-order chi connectivity index (χ1) is 12.7. The molecule has 130 valence electrons. The summed E-state index contributed by atoms with van der Waals surface area (Å²) in [5.41, 5.74) is 9.43. The van der Waals surface area contributed by atoms with E-state index in [2.05, 4.69) is 4.98 Å². The monoisotopic (exact) mass is 381 g/mol. The number of carbonyl (C=O) groups excluding carboxylic acids is 1. The second-order valence-corrected chi connectivity index (χ2v) is 7.47. The van der Waals surface area contributed by atoms with Crippen LogP contribution in [0.5, 0.6) is 0 Å². The molecule has 0 atom stereocenters. The van der Waals surface area contributed by atoms with Gasteiger partial charge in [0.05, 0.1) is 18.0 Å². The highest BCUT2D eigenvalue weighted by Gasteiger charge is 2.22. The van der Waals surface area contributed by atoms with E-state index < -0.39 is 5.97 Å². The van der Waals surface area contributed by atoms with Crippen molar-refractivity contribution < 1.29 is 9.53 Å². The van der Waals surface area contributed by atoms with Crippen LogP contribution in [0.1, 0.15) is 16.6 Å². The summed E-state index contributed by atoms with van der Waals surface area (Å²) in [6, 6.07) is 9.86. The van der Waals surface area contributed by atoms with Crippen molar-refractivity contribution >= 4 is 44.5 Å². The minimum atomic E-state index is -0.409. The van der Waals surface area contributed by atoms with Crippen LogP contribution in [0.25, 0.3) is 31.9 Å². The Kier molecular flexibility index (Phi) is 4.40. The molecule has 0 unspecified atom stereocenters. The molecule has 4 rings (SSSR count). The first-order valence-electron chi connectivity index (χ1n) is 8.03. The van der Waals surface area contributed by atoms with Gasteiger partial charge in [-0.3, -0.25) is 4.98 Å². The fourth-order valence-electron chi connectivity index (χ4n) is 2.76. The molecule has 0 saturated carbocycles. The van der Waals surface area contributed by atoms with Crippen molar-refractivity contribution in [3.8, 4) is 21.7 Å². The van der Waals surface area contributed by atoms with E-state index in [0.29, 0.717) is 17.2 Å². The van der Waals surface area contributed by atoms with E-state index in [1.165, 1.54) is 11.3 Å². The Morgan fingerprint density at radius 1 is 1.31 bits per heavy atom. The molecule has 4 aromatic heterocycles. The van der Waals surface area contributed by atoms with Crippen molar-refractivity contribution in [2.24, 2.45) is 0 Å². The zero-order valence-corrected chi connectivity index (χ0v) is 15.6. The maximum absolute atomic E-state index is 12.3. The van der Waals surface area contributed by atoms with E-state index in [9.17, 15) is 4.79 Å². The first kappa shape index (κ1) is 16.7. The number of nitrogens with two attached hydrogens (primary N) is 1. The average molecular weight is 381 g/mol. The molecule has 0 spiro atoms. The molecule has 5 nitrogen and oxygen atoms in total. The Bertz CT molecular complexity index is 1070. The van der Waals surface area contributed by atoms with Gasteiger partial charge in [0.25, 0.3) is 0 Å².